The molecule has 0 saturated carbocycles. The zero-order chi connectivity index (χ0) is 19.4. The lowest BCUT2D eigenvalue weighted by atomic mass is 10.1. The van der Waals surface area contributed by atoms with Gasteiger partial charge in [-0.3, -0.25) is 10.1 Å². The first-order valence-electron chi connectivity index (χ1n) is 7.81. The first-order chi connectivity index (χ1) is 13.0. The number of nitrogens with zero attached hydrogens (tertiary/aromatic N) is 1. The van der Waals surface area contributed by atoms with Crippen LogP contribution in [0.2, 0.25) is 0 Å². The molecule has 3 aromatic rings. The molecule has 8 nitrogen and oxygen atoms in total. The number of hydrogen-bond acceptors (Lipinski definition) is 7. The number of aromatic carboxylic acids is 1. The molecule has 1 amide bonds. The van der Waals surface area contributed by atoms with Crippen molar-refractivity contribution in [3.8, 4) is 22.1 Å². The lowest BCUT2D eigenvalue weighted by molar-refractivity contribution is -0.115. The minimum Gasteiger partial charge on any atom is -0.493 e. The van der Waals surface area contributed by atoms with E-state index in [1.165, 1.54) is 25.6 Å². The number of methoxy groups -OCH3 is 2. The van der Waals surface area contributed by atoms with Crippen LogP contribution >= 0.6 is 11.3 Å². The summed E-state index contributed by atoms with van der Waals surface area (Å²) >= 11 is 1.33. The molecule has 0 aliphatic carbocycles. The Morgan fingerprint density at radius 3 is 2.63 bits per heavy atom. The van der Waals surface area contributed by atoms with E-state index in [2.05, 4.69) is 10.5 Å². The third-order valence-corrected chi connectivity index (χ3v) is 4.60. The molecule has 9 heteroatoms. The van der Waals surface area contributed by atoms with Gasteiger partial charge < -0.3 is 19.1 Å². The first kappa shape index (κ1) is 18.5. The van der Waals surface area contributed by atoms with Crippen LogP contribution in [0.1, 0.15) is 15.9 Å². The van der Waals surface area contributed by atoms with Crippen molar-refractivity contribution in [3.05, 3.63) is 46.8 Å². The monoisotopic (exact) mass is 388 g/mol. The molecule has 3 rings (SSSR count). The third kappa shape index (κ3) is 3.93. The Labute approximate surface area is 158 Å². The van der Waals surface area contributed by atoms with Crippen molar-refractivity contribution in [1.29, 1.82) is 0 Å². The van der Waals surface area contributed by atoms with Gasteiger partial charge in [0.1, 0.15) is 5.69 Å². The maximum atomic E-state index is 12.3. The van der Waals surface area contributed by atoms with E-state index in [0.29, 0.717) is 21.9 Å². The van der Waals surface area contributed by atoms with Crippen molar-refractivity contribution in [2.24, 2.45) is 0 Å². The van der Waals surface area contributed by atoms with E-state index in [1.807, 2.05) is 0 Å². The number of carbonyl (C=O) groups is 2. The number of amides is 1. The predicted octanol–water partition coefficient (Wildman–Crippen LogP) is 3.30. The van der Waals surface area contributed by atoms with Gasteiger partial charge >= 0.3 is 5.97 Å². The summed E-state index contributed by atoms with van der Waals surface area (Å²) in [4.78, 5) is 24.6. The number of carboxylic acids is 1. The van der Waals surface area contributed by atoms with E-state index < -0.39 is 11.9 Å². The Hall–Kier alpha value is -3.33. The molecule has 0 spiro atoms. The highest BCUT2D eigenvalue weighted by Gasteiger charge is 2.25. The van der Waals surface area contributed by atoms with Gasteiger partial charge in [0, 0.05) is 0 Å². The Balaban J connectivity index is 1.80. The normalized spacial score (nSPS) is 10.4. The van der Waals surface area contributed by atoms with Crippen LogP contribution in [0.3, 0.4) is 0 Å². The van der Waals surface area contributed by atoms with Gasteiger partial charge in [-0.25, -0.2) is 4.79 Å². The van der Waals surface area contributed by atoms with E-state index >= 15 is 0 Å². The zero-order valence-electron chi connectivity index (χ0n) is 14.5. The summed E-state index contributed by atoms with van der Waals surface area (Å²) in [5.74, 6) is -0.838. The van der Waals surface area contributed by atoms with Crippen LogP contribution in [0.15, 0.2) is 40.2 Å². The summed E-state index contributed by atoms with van der Waals surface area (Å²) in [6, 6.07) is 8.58. The van der Waals surface area contributed by atoms with Crippen molar-refractivity contribution < 1.29 is 28.7 Å². The zero-order valence-corrected chi connectivity index (χ0v) is 15.3. The lowest BCUT2D eigenvalue weighted by Gasteiger charge is -2.09. The number of carbonyl (C=O) groups excluding carboxylic acids is 1. The molecule has 27 heavy (non-hydrogen) atoms. The molecule has 0 aliphatic rings. The van der Waals surface area contributed by atoms with Crippen LogP contribution < -0.4 is 14.8 Å². The number of nitrogens with one attached hydrogen (secondary N) is 1. The van der Waals surface area contributed by atoms with Crippen LogP contribution in [0.25, 0.3) is 10.6 Å². The third-order valence-electron chi connectivity index (χ3n) is 3.73. The summed E-state index contributed by atoms with van der Waals surface area (Å²) in [6.45, 7) is 0. The molecule has 1 aromatic carbocycles. The molecule has 0 unspecified atom stereocenters. The second-order valence-electron chi connectivity index (χ2n) is 5.43. The molecule has 0 aliphatic heterocycles. The molecule has 0 bridgehead atoms. The maximum Gasteiger partial charge on any atom is 0.343 e. The number of benzene rings is 1. The average Bonchev–Trinajstić information content (AvgIpc) is 3.30. The van der Waals surface area contributed by atoms with E-state index in [1.54, 1.807) is 35.7 Å². The Kier molecular flexibility index (Phi) is 5.41. The highest BCUT2D eigenvalue weighted by molar-refractivity contribution is 7.13. The lowest BCUT2D eigenvalue weighted by Crippen LogP contribution is -2.16. The molecule has 0 radical (unpaired) electrons. The summed E-state index contributed by atoms with van der Waals surface area (Å²) in [6.07, 6.45) is -0.00551. The molecular weight excluding hydrogens is 372 g/mol. The van der Waals surface area contributed by atoms with Crippen LogP contribution in [0.5, 0.6) is 11.5 Å². The smallest absolute Gasteiger partial charge is 0.343 e. The van der Waals surface area contributed by atoms with E-state index in [9.17, 15) is 14.7 Å². The van der Waals surface area contributed by atoms with Gasteiger partial charge in [0.25, 0.3) is 0 Å². The van der Waals surface area contributed by atoms with Crippen LogP contribution in [0, 0.1) is 0 Å². The molecule has 140 valence electrons. The van der Waals surface area contributed by atoms with E-state index in [0.717, 1.165) is 0 Å². The average molecular weight is 388 g/mol. The van der Waals surface area contributed by atoms with Gasteiger partial charge in [-0.1, -0.05) is 17.3 Å². The Morgan fingerprint density at radius 2 is 2.00 bits per heavy atom. The molecule has 0 saturated heterocycles. The fourth-order valence-electron chi connectivity index (χ4n) is 2.50. The van der Waals surface area contributed by atoms with Crippen molar-refractivity contribution in [2.45, 2.75) is 6.42 Å². The number of carboxylic acid groups (broad SMARTS) is 1. The quantitative estimate of drug-likeness (QED) is 0.639. The second kappa shape index (κ2) is 7.92. The van der Waals surface area contributed by atoms with Crippen LogP contribution in [-0.2, 0) is 11.2 Å². The number of thiophene rings is 1. The number of rotatable bonds is 7. The van der Waals surface area contributed by atoms with Crippen LogP contribution in [0.4, 0.5) is 5.88 Å². The van der Waals surface area contributed by atoms with Crippen molar-refractivity contribution in [2.75, 3.05) is 19.5 Å². The SMILES string of the molecule is COc1ccc(CC(=O)Nc2onc(-c3cccs3)c2C(=O)O)cc1OC. The van der Waals surface area contributed by atoms with Crippen molar-refractivity contribution >= 4 is 29.1 Å². The van der Waals surface area contributed by atoms with Gasteiger partial charge in [-0.2, -0.15) is 0 Å². The first-order valence-corrected chi connectivity index (χ1v) is 8.69. The molecule has 0 atom stereocenters. The van der Waals surface area contributed by atoms with Gasteiger partial charge in [-0.05, 0) is 29.1 Å². The molecular formula is C18H16N2O6S. The van der Waals surface area contributed by atoms with Gasteiger partial charge in [0.05, 0.1) is 25.5 Å². The highest BCUT2D eigenvalue weighted by Crippen LogP contribution is 2.32. The second-order valence-corrected chi connectivity index (χ2v) is 6.38. The summed E-state index contributed by atoms with van der Waals surface area (Å²) < 4.78 is 15.4. The van der Waals surface area contributed by atoms with Gasteiger partial charge in [0.15, 0.2) is 17.1 Å². The van der Waals surface area contributed by atoms with E-state index in [4.69, 9.17) is 14.0 Å². The molecule has 2 heterocycles. The molecule has 2 N–H and O–H groups in total. The standard InChI is InChI=1S/C18H16N2O6S/c1-24-11-6-5-10(8-12(11)25-2)9-14(21)19-17-15(18(22)23)16(20-26-17)13-4-3-7-27-13/h3-8H,9H2,1-2H3,(H,19,21)(H,22,23). The number of anilines is 1. The Morgan fingerprint density at radius 1 is 1.22 bits per heavy atom. The molecule has 0 fully saturated rings. The summed E-state index contributed by atoms with van der Waals surface area (Å²) in [5.41, 5.74) is 0.664. The van der Waals surface area contributed by atoms with E-state index in [-0.39, 0.29) is 23.6 Å². The van der Waals surface area contributed by atoms with Gasteiger partial charge in [0.2, 0.25) is 11.8 Å². The number of aromatic nitrogens is 1. The van der Waals surface area contributed by atoms with Gasteiger partial charge in [-0.15, -0.1) is 11.3 Å². The fraction of sp³-hybridized carbons (Fsp3) is 0.167. The topological polar surface area (TPSA) is 111 Å². The fourth-order valence-corrected chi connectivity index (χ4v) is 3.21. The predicted molar refractivity (Wildman–Crippen MR) is 98.7 cm³/mol. The summed E-state index contributed by atoms with van der Waals surface area (Å²) in [5, 5.41) is 17.5. The molecule has 2 aromatic heterocycles. The summed E-state index contributed by atoms with van der Waals surface area (Å²) in [7, 11) is 3.02. The maximum absolute atomic E-state index is 12.3. The highest BCUT2D eigenvalue weighted by atomic mass is 32.1. The minimum absolute atomic E-state index is 0.00551. The number of hydrogen-bond donors (Lipinski definition) is 2. The van der Waals surface area contributed by atoms with Crippen molar-refractivity contribution in [1.82, 2.24) is 5.16 Å². The largest absolute Gasteiger partial charge is 0.493 e. The number of ether oxygens (including phenoxy) is 2. The van der Waals surface area contributed by atoms with Crippen LogP contribution in [-0.4, -0.2) is 36.4 Å². The Bertz CT molecular complexity index is 964. The van der Waals surface area contributed by atoms with Crippen molar-refractivity contribution in [3.63, 3.8) is 0 Å². The minimum atomic E-state index is -1.24.